The topological polar surface area (TPSA) is 87.3 Å². The molecule has 2 N–H and O–H groups in total. The van der Waals surface area contributed by atoms with Gasteiger partial charge in [0.1, 0.15) is 11.9 Å². The predicted octanol–water partition coefficient (Wildman–Crippen LogP) is 5.00. The number of methoxy groups -OCH3 is 1. The Morgan fingerprint density at radius 2 is 2.10 bits per heavy atom. The van der Waals surface area contributed by atoms with Gasteiger partial charge in [0, 0.05) is 15.9 Å². The number of aromatic amines is 1. The van der Waals surface area contributed by atoms with E-state index in [-0.39, 0.29) is 17.9 Å². The number of hydrogen-bond donors (Lipinski definition) is 2. The Bertz CT molecular complexity index is 1040. The highest BCUT2D eigenvalue weighted by atomic mass is 127. The van der Waals surface area contributed by atoms with Crippen LogP contribution >= 0.6 is 45.3 Å². The average molecular weight is 558 g/mol. The number of alkyl carbamates (subject to hydrolysis) is 1. The Hall–Kier alpha value is -1.66. The quantitative estimate of drug-likeness (QED) is 0.432. The molecule has 7 nitrogen and oxygen atoms in total. The number of thiophene rings is 2. The third-order valence-corrected chi connectivity index (χ3v) is 8.37. The third kappa shape index (κ3) is 4.22. The Morgan fingerprint density at radius 3 is 2.80 bits per heavy atom. The lowest BCUT2D eigenvalue weighted by molar-refractivity contribution is -0.135. The first-order chi connectivity index (χ1) is 14.4. The van der Waals surface area contributed by atoms with Crippen molar-refractivity contribution >= 4 is 66.7 Å². The first kappa shape index (κ1) is 21.6. The van der Waals surface area contributed by atoms with E-state index in [1.54, 1.807) is 22.7 Å². The average Bonchev–Trinajstić information content (AvgIpc) is 3.46. The van der Waals surface area contributed by atoms with Gasteiger partial charge in [-0.3, -0.25) is 4.79 Å². The van der Waals surface area contributed by atoms with Crippen molar-refractivity contribution in [1.29, 1.82) is 0 Å². The number of carbonyl (C=O) groups excluding carboxylic acids is 2. The van der Waals surface area contributed by atoms with Crippen LogP contribution in [0.25, 0.3) is 20.0 Å². The maximum absolute atomic E-state index is 13.2. The van der Waals surface area contributed by atoms with E-state index in [1.807, 2.05) is 24.9 Å². The minimum atomic E-state index is -0.626. The molecule has 1 fully saturated rings. The zero-order chi connectivity index (χ0) is 21.4. The molecule has 0 bridgehead atoms. The number of likely N-dealkylation sites (tertiary alicyclic amines) is 1. The fraction of sp³-hybridized carbons (Fsp3) is 0.450. The number of nitrogens with zero attached hydrogens (tertiary/aromatic N) is 2. The van der Waals surface area contributed by atoms with Gasteiger partial charge in [0.2, 0.25) is 5.91 Å². The highest BCUT2D eigenvalue weighted by Crippen LogP contribution is 2.39. The van der Waals surface area contributed by atoms with Gasteiger partial charge in [-0.05, 0) is 53.5 Å². The van der Waals surface area contributed by atoms with Crippen LogP contribution in [0.1, 0.15) is 38.6 Å². The fourth-order valence-corrected chi connectivity index (χ4v) is 7.08. The Labute approximate surface area is 196 Å². The number of aromatic nitrogens is 2. The van der Waals surface area contributed by atoms with Gasteiger partial charge in [-0.1, -0.05) is 13.8 Å². The number of fused-ring (bicyclic) bond motifs is 1. The maximum atomic E-state index is 13.2. The molecule has 0 saturated carbocycles. The number of hydrogen-bond acceptors (Lipinski definition) is 6. The van der Waals surface area contributed by atoms with E-state index in [0.29, 0.717) is 6.54 Å². The Balaban J connectivity index is 1.55. The molecule has 0 aromatic carbocycles. The van der Waals surface area contributed by atoms with Crippen molar-refractivity contribution in [2.24, 2.45) is 5.92 Å². The van der Waals surface area contributed by atoms with E-state index in [2.05, 4.69) is 50.0 Å². The normalized spacial score (nSPS) is 17.6. The van der Waals surface area contributed by atoms with Gasteiger partial charge >= 0.3 is 6.09 Å². The molecule has 10 heteroatoms. The summed E-state index contributed by atoms with van der Waals surface area (Å²) >= 11 is 5.87. The van der Waals surface area contributed by atoms with E-state index >= 15 is 0 Å². The lowest BCUT2D eigenvalue weighted by Gasteiger charge is -2.30. The number of H-pyrrole nitrogens is 1. The van der Waals surface area contributed by atoms with Gasteiger partial charge in [-0.15, -0.1) is 22.7 Å². The first-order valence-electron chi connectivity index (χ1n) is 9.76. The van der Waals surface area contributed by atoms with Crippen LogP contribution in [0.15, 0.2) is 18.3 Å². The summed E-state index contributed by atoms with van der Waals surface area (Å²) < 4.78 is 8.54. The van der Waals surface area contributed by atoms with E-state index in [1.165, 1.54) is 19.4 Å². The zero-order valence-corrected chi connectivity index (χ0v) is 20.7. The third-order valence-electron chi connectivity index (χ3n) is 5.28. The maximum Gasteiger partial charge on any atom is 0.407 e. The monoisotopic (exact) mass is 558 g/mol. The summed E-state index contributed by atoms with van der Waals surface area (Å²) in [5.74, 6) is 0.650. The van der Waals surface area contributed by atoms with Crippen molar-refractivity contribution in [1.82, 2.24) is 20.2 Å². The van der Waals surface area contributed by atoms with Crippen LogP contribution in [0, 0.1) is 8.80 Å². The molecule has 0 aliphatic carbocycles. The number of rotatable bonds is 5. The lowest BCUT2D eigenvalue weighted by Crippen LogP contribution is -2.51. The molecule has 1 saturated heterocycles. The van der Waals surface area contributed by atoms with Gasteiger partial charge in [0.15, 0.2) is 0 Å². The van der Waals surface area contributed by atoms with Crippen LogP contribution in [0.2, 0.25) is 0 Å². The molecule has 1 aliphatic rings. The molecule has 0 radical (unpaired) electrons. The molecule has 2 atom stereocenters. The van der Waals surface area contributed by atoms with Crippen LogP contribution in [0.5, 0.6) is 0 Å². The fourth-order valence-electron chi connectivity index (χ4n) is 3.76. The van der Waals surface area contributed by atoms with Crippen LogP contribution in [0.4, 0.5) is 4.79 Å². The molecule has 3 aromatic rings. The molecule has 160 valence electrons. The van der Waals surface area contributed by atoms with E-state index in [4.69, 9.17) is 4.74 Å². The highest BCUT2D eigenvalue weighted by molar-refractivity contribution is 14.1. The van der Waals surface area contributed by atoms with Crippen molar-refractivity contribution in [3.8, 4) is 10.6 Å². The number of carbonyl (C=O) groups is 2. The van der Waals surface area contributed by atoms with Crippen molar-refractivity contribution in [3.63, 3.8) is 0 Å². The van der Waals surface area contributed by atoms with Gasteiger partial charge in [-0.2, -0.15) is 0 Å². The van der Waals surface area contributed by atoms with E-state index < -0.39 is 12.1 Å². The summed E-state index contributed by atoms with van der Waals surface area (Å²) in [6.07, 6.45) is 3.01. The highest BCUT2D eigenvalue weighted by Gasteiger charge is 2.37. The van der Waals surface area contributed by atoms with E-state index in [9.17, 15) is 9.59 Å². The number of ether oxygens (including phenoxy) is 1. The number of halogens is 1. The molecule has 30 heavy (non-hydrogen) atoms. The minimum Gasteiger partial charge on any atom is -0.453 e. The summed E-state index contributed by atoms with van der Waals surface area (Å²) in [6.45, 7) is 4.48. The molecule has 4 rings (SSSR count). The number of imidazole rings is 1. The molecule has 0 unspecified atom stereocenters. The molecule has 3 aromatic heterocycles. The molecular weight excluding hydrogens is 535 g/mol. The lowest BCUT2D eigenvalue weighted by atomic mass is 10.0. The van der Waals surface area contributed by atoms with Crippen molar-refractivity contribution in [3.05, 3.63) is 27.0 Å². The molecule has 0 spiro atoms. The van der Waals surface area contributed by atoms with Crippen LogP contribution < -0.4 is 5.32 Å². The largest absolute Gasteiger partial charge is 0.453 e. The Morgan fingerprint density at radius 1 is 1.33 bits per heavy atom. The second-order valence-corrected chi connectivity index (χ2v) is 11.7. The molecule has 1 aliphatic heterocycles. The van der Waals surface area contributed by atoms with Gasteiger partial charge in [0.25, 0.3) is 0 Å². The van der Waals surface area contributed by atoms with Gasteiger partial charge in [-0.25, -0.2) is 9.78 Å². The van der Waals surface area contributed by atoms with Gasteiger partial charge in [0.05, 0.1) is 32.8 Å². The Kier molecular flexibility index (Phi) is 6.35. The first-order valence-corrected chi connectivity index (χ1v) is 12.5. The summed E-state index contributed by atoms with van der Waals surface area (Å²) in [5, 5.41) is 2.68. The second-order valence-electron chi connectivity index (χ2n) is 7.62. The molecule has 4 heterocycles. The van der Waals surface area contributed by atoms with Gasteiger partial charge < -0.3 is 19.9 Å². The van der Waals surface area contributed by atoms with Crippen LogP contribution in [0.3, 0.4) is 0 Å². The second kappa shape index (κ2) is 8.83. The smallest absolute Gasteiger partial charge is 0.407 e. The van der Waals surface area contributed by atoms with Crippen molar-refractivity contribution < 1.29 is 14.3 Å². The molecule has 2 amide bonds. The summed E-state index contributed by atoms with van der Waals surface area (Å²) in [5.41, 5.74) is 0.973. The number of nitrogens with one attached hydrogen (secondary N) is 2. The van der Waals surface area contributed by atoms with Crippen molar-refractivity contribution in [2.45, 2.75) is 38.8 Å². The zero-order valence-electron chi connectivity index (χ0n) is 16.9. The molecular formula is C20H23IN4O3S2. The van der Waals surface area contributed by atoms with Crippen molar-refractivity contribution in [2.75, 3.05) is 13.7 Å². The summed E-state index contributed by atoms with van der Waals surface area (Å²) in [4.78, 5) is 36.0. The number of amides is 2. The SMILES string of the molecule is COC(=O)N[C@H](C(=O)N1CCC[C@H]1c1ncc(-c2cc3sc(I)cc3s2)[nH]1)C(C)C. The summed E-state index contributed by atoms with van der Waals surface area (Å²) in [7, 11) is 1.30. The van der Waals surface area contributed by atoms with Crippen LogP contribution in [-0.2, 0) is 9.53 Å². The standard InChI is InChI=1S/C20H23IN4O3S2/c1-10(2)17(24-20(27)28-3)19(26)25-6-4-5-12(25)18-22-9-11(23-18)13-7-14-15(29-13)8-16(21)30-14/h7-10,12,17H,4-6H2,1-3H3,(H,22,23)(H,24,27)/t12-,17-/m0/s1. The predicted molar refractivity (Wildman–Crippen MR) is 128 cm³/mol. The summed E-state index contributed by atoms with van der Waals surface area (Å²) in [6, 6.07) is 3.65. The minimum absolute atomic E-state index is 0.0492. The van der Waals surface area contributed by atoms with E-state index in [0.717, 1.165) is 29.2 Å². The van der Waals surface area contributed by atoms with Crippen LogP contribution in [-0.4, -0.2) is 46.6 Å².